The third kappa shape index (κ3) is 3.39. The average Bonchev–Trinajstić information content (AvgIpc) is 2.74. The quantitative estimate of drug-likeness (QED) is 0.799. The predicted molar refractivity (Wildman–Crippen MR) is 86.0 cm³/mol. The summed E-state index contributed by atoms with van der Waals surface area (Å²) in [7, 11) is -3.90. The fourth-order valence-corrected chi connectivity index (χ4v) is 4.29. The Labute approximate surface area is 138 Å². The topological polar surface area (TPSA) is 83.5 Å². The molecule has 0 saturated heterocycles. The SMILES string of the molecule is Cc1csc(C(=O)O)c1NS(=O)(=O)c1ccc(Cl)c(Br)c1. The highest BCUT2D eigenvalue weighted by molar-refractivity contribution is 9.10. The van der Waals surface area contributed by atoms with Crippen molar-refractivity contribution >= 4 is 60.5 Å². The second-order valence-electron chi connectivity index (χ2n) is 4.11. The van der Waals surface area contributed by atoms with Crippen molar-refractivity contribution in [2.75, 3.05) is 4.72 Å². The number of anilines is 1. The summed E-state index contributed by atoms with van der Waals surface area (Å²) in [4.78, 5) is 11.0. The number of aryl methyl sites for hydroxylation is 1. The minimum Gasteiger partial charge on any atom is -0.477 e. The first kappa shape index (κ1) is 16.3. The van der Waals surface area contributed by atoms with E-state index in [-0.39, 0.29) is 15.5 Å². The molecule has 2 aromatic rings. The lowest BCUT2D eigenvalue weighted by atomic mass is 10.3. The summed E-state index contributed by atoms with van der Waals surface area (Å²) in [5.41, 5.74) is 0.632. The molecule has 0 aliphatic rings. The molecule has 0 radical (unpaired) electrons. The van der Waals surface area contributed by atoms with E-state index in [1.54, 1.807) is 12.3 Å². The fourth-order valence-electron chi connectivity index (χ4n) is 1.57. The number of carboxylic acid groups (broad SMARTS) is 1. The molecule has 0 fully saturated rings. The van der Waals surface area contributed by atoms with Crippen LogP contribution in [0.4, 0.5) is 5.69 Å². The van der Waals surface area contributed by atoms with Gasteiger partial charge in [-0.2, -0.15) is 0 Å². The van der Waals surface area contributed by atoms with Gasteiger partial charge in [-0.15, -0.1) is 11.3 Å². The Hall–Kier alpha value is -1.09. The molecular weight excluding hydrogens is 402 g/mol. The molecule has 9 heteroatoms. The van der Waals surface area contributed by atoms with Crippen molar-refractivity contribution in [2.24, 2.45) is 0 Å². The van der Waals surface area contributed by atoms with Crippen LogP contribution in [-0.2, 0) is 10.0 Å². The third-order valence-corrected chi connectivity index (χ3v) is 6.25. The molecule has 1 aromatic carbocycles. The Balaban J connectivity index is 2.44. The van der Waals surface area contributed by atoms with Crippen LogP contribution in [0, 0.1) is 6.92 Å². The van der Waals surface area contributed by atoms with Gasteiger partial charge in [-0.25, -0.2) is 13.2 Å². The molecule has 0 amide bonds. The number of aromatic carboxylic acids is 1. The van der Waals surface area contributed by atoms with Crippen LogP contribution in [0.2, 0.25) is 5.02 Å². The number of rotatable bonds is 4. The van der Waals surface area contributed by atoms with Gasteiger partial charge in [0.15, 0.2) is 0 Å². The van der Waals surface area contributed by atoms with Gasteiger partial charge in [0, 0.05) is 4.47 Å². The highest BCUT2D eigenvalue weighted by atomic mass is 79.9. The maximum absolute atomic E-state index is 12.3. The molecule has 2 rings (SSSR count). The summed E-state index contributed by atoms with van der Waals surface area (Å²) < 4.78 is 27.4. The molecule has 112 valence electrons. The lowest BCUT2D eigenvalue weighted by molar-refractivity contribution is 0.0703. The van der Waals surface area contributed by atoms with Gasteiger partial charge in [0.25, 0.3) is 10.0 Å². The van der Waals surface area contributed by atoms with Crippen molar-refractivity contribution in [3.8, 4) is 0 Å². The normalized spacial score (nSPS) is 11.4. The zero-order valence-electron chi connectivity index (χ0n) is 10.6. The van der Waals surface area contributed by atoms with Gasteiger partial charge in [0.2, 0.25) is 0 Å². The molecule has 0 spiro atoms. The standard InChI is InChI=1S/C12H9BrClNO4S2/c1-6-5-20-11(12(16)17)10(6)15-21(18,19)7-2-3-9(14)8(13)4-7/h2-5,15H,1H3,(H,16,17). The lowest BCUT2D eigenvalue weighted by Crippen LogP contribution is -2.15. The first-order valence-electron chi connectivity index (χ1n) is 5.51. The van der Waals surface area contributed by atoms with Gasteiger partial charge >= 0.3 is 5.97 Å². The minimum absolute atomic E-state index is 0.0132. The van der Waals surface area contributed by atoms with E-state index in [1.165, 1.54) is 18.2 Å². The van der Waals surface area contributed by atoms with Crippen LogP contribution in [0.3, 0.4) is 0 Å². The zero-order chi connectivity index (χ0) is 15.8. The Bertz CT molecular complexity index is 817. The zero-order valence-corrected chi connectivity index (χ0v) is 14.5. The van der Waals surface area contributed by atoms with Gasteiger partial charge in [-0.3, -0.25) is 4.72 Å². The Kier molecular flexibility index (Phi) is 4.62. The van der Waals surface area contributed by atoms with E-state index in [2.05, 4.69) is 20.7 Å². The first-order valence-corrected chi connectivity index (χ1v) is 9.05. The van der Waals surface area contributed by atoms with Crippen molar-refractivity contribution in [1.82, 2.24) is 0 Å². The lowest BCUT2D eigenvalue weighted by Gasteiger charge is -2.09. The van der Waals surface area contributed by atoms with Gasteiger partial charge in [0.1, 0.15) is 4.88 Å². The number of carboxylic acids is 1. The van der Waals surface area contributed by atoms with Gasteiger partial charge in [0.05, 0.1) is 15.6 Å². The van der Waals surface area contributed by atoms with E-state index >= 15 is 0 Å². The molecule has 0 bridgehead atoms. The number of nitrogens with one attached hydrogen (secondary N) is 1. The minimum atomic E-state index is -3.90. The molecule has 0 atom stereocenters. The van der Waals surface area contributed by atoms with Crippen molar-refractivity contribution < 1.29 is 18.3 Å². The highest BCUT2D eigenvalue weighted by Gasteiger charge is 2.22. The molecule has 1 heterocycles. The van der Waals surface area contributed by atoms with E-state index in [1.807, 2.05) is 0 Å². The van der Waals surface area contributed by atoms with Crippen molar-refractivity contribution in [2.45, 2.75) is 11.8 Å². The first-order chi connectivity index (χ1) is 9.72. The summed E-state index contributed by atoms with van der Waals surface area (Å²) >= 11 is 9.95. The molecule has 0 saturated carbocycles. The smallest absolute Gasteiger partial charge is 0.348 e. The van der Waals surface area contributed by atoms with Crippen LogP contribution in [-0.4, -0.2) is 19.5 Å². The van der Waals surface area contributed by atoms with E-state index in [4.69, 9.17) is 16.7 Å². The van der Waals surface area contributed by atoms with Crippen LogP contribution in [0.5, 0.6) is 0 Å². The number of sulfonamides is 1. The second kappa shape index (κ2) is 5.96. The van der Waals surface area contributed by atoms with E-state index in [9.17, 15) is 13.2 Å². The Morgan fingerprint density at radius 2 is 2.10 bits per heavy atom. The highest BCUT2D eigenvalue weighted by Crippen LogP contribution is 2.31. The van der Waals surface area contributed by atoms with Gasteiger partial charge in [-0.05, 0) is 52.0 Å². The Morgan fingerprint density at radius 3 is 2.67 bits per heavy atom. The Morgan fingerprint density at radius 1 is 1.43 bits per heavy atom. The van der Waals surface area contributed by atoms with E-state index in [0.717, 1.165) is 11.3 Å². The molecule has 5 nitrogen and oxygen atoms in total. The summed E-state index contributed by atoms with van der Waals surface area (Å²) in [6.45, 7) is 1.64. The number of hydrogen-bond donors (Lipinski definition) is 2. The molecule has 21 heavy (non-hydrogen) atoms. The predicted octanol–water partition coefficient (Wildman–Crippen LogP) is 3.97. The van der Waals surface area contributed by atoms with Crippen LogP contribution in [0.1, 0.15) is 15.2 Å². The van der Waals surface area contributed by atoms with E-state index in [0.29, 0.717) is 15.1 Å². The number of hydrogen-bond acceptors (Lipinski definition) is 4. The summed E-state index contributed by atoms with van der Waals surface area (Å²) in [5.74, 6) is -1.18. The number of thiophene rings is 1. The number of halogens is 2. The maximum atomic E-state index is 12.3. The average molecular weight is 411 g/mol. The van der Waals surface area contributed by atoms with Crippen LogP contribution < -0.4 is 4.72 Å². The van der Waals surface area contributed by atoms with Gasteiger partial charge < -0.3 is 5.11 Å². The third-order valence-electron chi connectivity index (χ3n) is 2.61. The number of carbonyl (C=O) groups is 1. The summed E-state index contributed by atoms with van der Waals surface area (Å²) in [5, 5.41) is 11.0. The monoisotopic (exact) mass is 409 g/mol. The molecule has 2 N–H and O–H groups in total. The molecule has 0 aliphatic carbocycles. The van der Waals surface area contributed by atoms with Crippen LogP contribution in [0.25, 0.3) is 0 Å². The second-order valence-corrected chi connectivity index (χ2v) is 7.93. The summed E-state index contributed by atoms with van der Waals surface area (Å²) in [6, 6.07) is 4.14. The molecule has 0 unspecified atom stereocenters. The van der Waals surface area contributed by atoms with Crippen molar-refractivity contribution in [3.63, 3.8) is 0 Å². The van der Waals surface area contributed by atoms with Crippen molar-refractivity contribution in [1.29, 1.82) is 0 Å². The van der Waals surface area contributed by atoms with Crippen LogP contribution >= 0.6 is 38.9 Å². The molecule has 1 aromatic heterocycles. The maximum Gasteiger partial charge on any atom is 0.348 e. The summed E-state index contributed by atoms with van der Waals surface area (Å²) in [6.07, 6.45) is 0. The number of benzene rings is 1. The molecular formula is C12H9BrClNO4S2. The van der Waals surface area contributed by atoms with E-state index < -0.39 is 16.0 Å². The van der Waals surface area contributed by atoms with Crippen molar-refractivity contribution in [3.05, 3.63) is 43.5 Å². The van der Waals surface area contributed by atoms with Crippen LogP contribution in [0.15, 0.2) is 32.9 Å². The molecule has 0 aliphatic heterocycles. The van der Waals surface area contributed by atoms with Gasteiger partial charge in [-0.1, -0.05) is 11.6 Å². The fraction of sp³-hybridized carbons (Fsp3) is 0.0833. The largest absolute Gasteiger partial charge is 0.477 e.